The summed E-state index contributed by atoms with van der Waals surface area (Å²) in [4.78, 5) is 22.7. The number of para-hydroxylation sites is 2. The number of hydrogen-bond donors (Lipinski definition) is 1. The van der Waals surface area contributed by atoms with E-state index in [2.05, 4.69) is 15.5 Å². The predicted octanol–water partition coefficient (Wildman–Crippen LogP) is 3.50. The van der Waals surface area contributed by atoms with Crippen LogP contribution in [0.5, 0.6) is 0 Å². The molecule has 0 saturated heterocycles. The zero-order valence-corrected chi connectivity index (χ0v) is 15.4. The number of nitro benzene ring substituents is 1. The van der Waals surface area contributed by atoms with Gasteiger partial charge in [0.1, 0.15) is 11.5 Å². The fraction of sp³-hybridized carbons (Fsp3) is 0.471. The van der Waals surface area contributed by atoms with Gasteiger partial charge in [0, 0.05) is 19.0 Å². The largest absolute Gasteiger partial charge is 0.320 e. The third-order valence-electron chi connectivity index (χ3n) is 4.55. The number of anilines is 1. The molecule has 0 atom stereocenters. The summed E-state index contributed by atoms with van der Waals surface area (Å²) in [6, 6.07) is 6.09. The summed E-state index contributed by atoms with van der Waals surface area (Å²) < 4.78 is 1.96. The van der Waals surface area contributed by atoms with Gasteiger partial charge in [-0.3, -0.25) is 14.9 Å². The first-order valence-corrected chi connectivity index (χ1v) is 9.60. The second kappa shape index (κ2) is 8.31. The van der Waals surface area contributed by atoms with E-state index in [0.29, 0.717) is 11.1 Å². The van der Waals surface area contributed by atoms with Crippen molar-refractivity contribution in [3.8, 4) is 0 Å². The second-order valence-corrected chi connectivity index (χ2v) is 7.29. The Bertz CT molecular complexity index is 801. The minimum absolute atomic E-state index is 0.114. The third kappa shape index (κ3) is 4.21. The number of carbonyl (C=O) groups is 1. The number of nitro groups is 1. The third-order valence-corrected chi connectivity index (χ3v) is 5.57. The quantitative estimate of drug-likeness (QED) is 0.471. The van der Waals surface area contributed by atoms with Crippen molar-refractivity contribution in [1.82, 2.24) is 14.8 Å². The number of nitrogens with one attached hydrogen (secondary N) is 1. The summed E-state index contributed by atoms with van der Waals surface area (Å²) in [5, 5.41) is 22.8. The van der Waals surface area contributed by atoms with E-state index in [4.69, 9.17) is 0 Å². The Morgan fingerprint density at radius 1 is 1.31 bits per heavy atom. The lowest BCUT2D eigenvalue weighted by molar-refractivity contribution is -0.383. The smallest absolute Gasteiger partial charge is 0.292 e. The van der Waals surface area contributed by atoms with Crippen LogP contribution in [0.15, 0.2) is 29.4 Å². The van der Waals surface area contributed by atoms with Gasteiger partial charge >= 0.3 is 0 Å². The molecule has 1 aliphatic carbocycles. The average Bonchev–Trinajstić information content (AvgIpc) is 3.01. The number of aromatic nitrogens is 3. The van der Waals surface area contributed by atoms with Crippen LogP contribution in [0, 0.1) is 10.1 Å². The Labute approximate surface area is 155 Å². The van der Waals surface area contributed by atoms with Crippen molar-refractivity contribution in [1.29, 1.82) is 0 Å². The van der Waals surface area contributed by atoms with Crippen LogP contribution in [0.25, 0.3) is 0 Å². The summed E-state index contributed by atoms with van der Waals surface area (Å²) in [6.45, 7) is 0. The Hall–Kier alpha value is -2.42. The highest BCUT2D eigenvalue weighted by Gasteiger charge is 2.22. The maximum Gasteiger partial charge on any atom is 0.292 e. The Balaban J connectivity index is 1.60. The fourth-order valence-electron chi connectivity index (χ4n) is 3.22. The van der Waals surface area contributed by atoms with Gasteiger partial charge in [0.05, 0.1) is 10.7 Å². The van der Waals surface area contributed by atoms with Gasteiger partial charge < -0.3 is 9.88 Å². The van der Waals surface area contributed by atoms with Crippen molar-refractivity contribution >= 4 is 29.0 Å². The SMILES string of the molecule is Cn1c(SCC(=O)Nc2ccccc2[N+](=O)[O-])nnc1C1CCCCC1. The molecule has 138 valence electrons. The van der Waals surface area contributed by atoms with E-state index in [1.54, 1.807) is 12.1 Å². The topological polar surface area (TPSA) is 103 Å². The maximum absolute atomic E-state index is 12.2. The summed E-state index contributed by atoms with van der Waals surface area (Å²) >= 11 is 1.28. The van der Waals surface area contributed by atoms with Gasteiger partial charge in [-0.05, 0) is 18.9 Å². The van der Waals surface area contributed by atoms with Crippen LogP contribution in [-0.2, 0) is 11.8 Å². The molecule has 1 heterocycles. The molecule has 1 aromatic carbocycles. The van der Waals surface area contributed by atoms with Gasteiger partial charge in [0.25, 0.3) is 5.69 Å². The molecule has 26 heavy (non-hydrogen) atoms. The molecule has 0 unspecified atom stereocenters. The number of rotatable bonds is 6. The lowest BCUT2D eigenvalue weighted by atomic mass is 9.89. The average molecular weight is 375 g/mol. The molecular weight excluding hydrogens is 354 g/mol. The van der Waals surface area contributed by atoms with Gasteiger partial charge in [-0.25, -0.2) is 0 Å². The molecule has 1 aliphatic rings. The molecule has 1 N–H and O–H groups in total. The number of hydrogen-bond acceptors (Lipinski definition) is 6. The molecule has 9 heteroatoms. The second-order valence-electron chi connectivity index (χ2n) is 6.35. The zero-order valence-electron chi connectivity index (χ0n) is 14.6. The first kappa shape index (κ1) is 18.4. The fourth-order valence-corrected chi connectivity index (χ4v) is 3.94. The minimum Gasteiger partial charge on any atom is -0.320 e. The van der Waals surface area contributed by atoms with Crippen LogP contribution in [0.3, 0.4) is 0 Å². The lowest BCUT2D eigenvalue weighted by Crippen LogP contribution is -2.15. The monoisotopic (exact) mass is 375 g/mol. The summed E-state index contributed by atoms with van der Waals surface area (Å²) in [5.74, 6) is 1.22. The molecule has 1 fully saturated rings. The maximum atomic E-state index is 12.2. The van der Waals surface area contributed by atoms with Crippen LogP contribution in [0.1, 0.15) is 43.8 Å². The number of benzene rings is 1. The minimum atomic E-state index is -0.512. The Morgan fingerprint density at radius 3 is 2.77 bits per heavy atom. The highest BCUT2D eigenvalue weighted by Crippen LogP contribution is 2.32. The number of amides is 1. The van der Waals surface area contributed by atoms with Gasteiger partial charge in [0.15, 0.2) is 5.16 Å². The number of nitrogens with zero attached hydrogens (tertiary/aromatic N) is 4. The first-order chi connectivity index (χ1) is 12.6. The Kier molecular flexibility index (Phi) is 5.87. The van der Waals surface area contributed by atoms with E-state index in [1.165, 1.54) is 43.2 Å². The molecule has 1 aromatic heterocycles. The van der Waals surface area contributed by atoms with Crippen molar-refractivity contribution in [3.05, 3.63) is 40.2 Å². The highest BCUT2D eigenvalue weighted by molar-refractivity contribution is 7.99. The molecule has 8 nitrogen and oxygen atoms in total. The highest BCUT2D eigenvalue weighted by atomic mass is 32.2. The van der Waals surface area contributed by atoms with Crippen molar-refractivity contribution in [3.63, 3.8) is 0 Å². The van der Waals surface area contributed by atoms with E-state index in [0.717, 1.165) is 18.7 Å². The summed E-state index contributed by atoms with van der Waals surface area (Å²) in [7, 11) is 1.92. The number of carbonyl (C=O) groups excluding carboxylic acids is 1. The molecule has 2 aromatic rings. The number of thioether (sulfide) groups is 1. The molecule has 0 bridgehead atoms. The van der Waals surface area contributed by atoms with Crippen LogP contribution in [0.2, 0.25) is 0 Å². The van der Waals surface area contributed by atoms with E-state index in [9.17, 15) is 14.9 Å². The van der Waals surface area contributed by atoms with Crippen molar-refractivity contribution in [2.24, 2.45) is 7.05 Å². The van der Waals surface area contributed by atoms with Gasteiger partial charge in [-0.1, -0.05) is 43.2 Å². The summed E-state index contributed by atoms with van der Waals surface area (Å²) in [6.07, 6.45) is 5.99. The van der Waals surface area contributed by atoms with Gasteiger partial charge in [-0.2, -0.15) is 0 Å². The van der Waals surface area contributed by atoms with Crippen molar-refractivity contribution in [2.75, 3.05) is 11.1 Å². The van der Waals surface area contributed by atoms with Crippen molar-refractivity contribution < 1.29 is 9.72 Å². The van der Waals surface area contributed by atoms with E-state index >= 15 is 0 Å². The molecule has 0 radical (unpaired) electrons. The van der Waals surface area contributed by atoms with Crippen LogP contribution in [0.4, 0.5) is 11.4 Å². The van der Waals surface area contributed by atoms with Crippen LogP contribution < -0.4 is 5.32 Å². The zero-order chi connectivity index (χ0) is 18.5. The van der Waals surface area contributed by atoms with E-state index in [1.807, 2.05) is 11.6 Å². The van der Waals surface area contributed by atoms with Gasteiger partial charge in [-0.15, -0.1) is 10.2 Å². The molecule has 0 spiro atoms. The lowest BCUT2D eigenvalue weighted by Gasteiger charge is -2.20. The van der Waals surface area contributed by atoms with Crippen LogP contribution in [-0.4, -0.2) is 31.3 Å². The first-order valence-electron chi connectivity index (χ1n) is 8.61. The molecule has 3 rings (SSSR count). The van der Waals surface area contributed by atoms with E-state index < -0.39 is 4.92 Å². The summed E-state index contributed by atoms with van der Waals surface area (Å²) in [5.41, 5.74) is 0.0769. The standard InChI is InChI=1S/C17H21N5O3S/c1-21-16(12-7-3-2-4-8-12)19-20-17(21)26-11-15(23)18-13-9-5-6-10-14(13)22(24)25/h5-6,9-10,12H,2-4,7-8,11H2,1H3,(H,18,23). The Morgan fingerprint density at radius 2 is 2.04 bits per heavy atom. The van der Waals surface area contributed by atoms with Crippen molar-refractivity contribution in [2.45, 2.75) is 43.2 Å². The van der Waals surface area contributed by atoms with Gasteiger partial charge in [0.2, 0.25) is 5.91 Å². The van der Waals surface area contributed by atoms with Crippen LogP contribution >= 0.6 is 11.8 Å². The molecule has 1 amide bonds. The molecule has 1 saturated carbocycles. The molecular formula is C17H21N5O3S. The predicted molar refractivity (Wildman–Crippen MR) is 99.3 cm³/mol. The normalized spacial score (nSPS) is 15.0. The molecule has 0 aliphatic heterocycles. The van der Waals surface area contributed by atoms with E-state index in [-0.39, 0.29) is 23.0 Å².